The van der Waals surface area contributed by atoms with Gasteiger partial charge < -0.3 is 5.32 Å². The van der Waals surface area contributed by atoms with Crippen molar-refractivity contribution in [2.24, 2.45) is 0 Å². The molecular formula is C14H16F3N3. The van der Waals surface area contributed by atoms with E-state index in [9.17, 15) is 13.2 Å². The number of nitrogens with one attached hydrogen (secondary N) is 1. The number of rotatable bonds is 5. The van der Waals surface area contributed by atoms with Crippen molar-refractivity contribution in [1.82, 2.24) is 9.78 Å². The van der Waals surface area contributed by atoms with Crippen LogP contribution in [0.2, 0.25) is 0 Å². The molecule has 0 saturated carbocycles. The largest absolute Gasteiger partial charge is 0.377 e. The van der Waals surface area contributed by atoms with E-state index in [1.807, 2.05) is 17.8 Å². The Hall–Kier alpha value is -1.98. The van der Waals surface area contributed by atoms with E-state index in [1.165, 1.54) is 0 Å². The van der Waals surface area contributed by atoms with E-state index in [-0.39, 0.29) is 18.3 Å². The molecule has 0 bridgehead atoms. The van der Waals surface area contributed by atoms with Crippen LogP contribution >= 0.6 is 0 Å². The van der Waals surface area contributed by atoms with Crippen LogP contribution < -0.4 is 5.32 Å². The quantitative estimate of drug-likeness (QED) is 0.844. The van der Waals surface area contributed by atoms with Crippen molar-refractivity contribution >= 4 is 5.69 Å². The van der Waals surface area contributed by atoms with Crippen molar-refractivity contribution < 1.29 is 13.2 Å². The molecule has 0 aliphatic carbocycles. The number of hydrogen-bond acceptors (Lipinski definition) is 2. The minimum absolute atomic E-state index is 0.0815. The van der Waals surface area contributed by atoms with Gasteiger partial charge in [-0.25, -0.2) is 13.2 Å². The normalized spacial score (nSPS) is 12.4. The van der Waals surface area contributed by atoms with Crippen LogP contribution in [0.4, 0.5) is 18.9 Å². The van der Waals surface area contributed by atoms with Crippen molar-refractivity contribution in [2.45, 2.75) is 32.9 Å². The highest BCUT2D eigenvalue weighted by atomic mass is 19.2. The zero-order valence-corrected chi connectivity index (χ0v) is 11.3. The fourth-order valence-electron chi connectivity index (χ4n) is 1.75. The second-order valence-corrected chi connectivity index (χ2v) is 4.64. The Morgan fingerprint density at radius 1 is 1.20 bits per heavy atom. The predicted octanol–water partition coefficient (Wildman–Crippen LogP) is 3.88. The summed E-state index contributed by atoms with van der Waals surface area (Å²) in [5.41, 5.74) is 0.622. The number of halogens is 3. The molecule has 2 rings (SSSR count). The highest BCUT2D eigenvalue weighted by molar-refractivity contribution is 5.45. The second-order valence-electron chi connectivity index (χ2n) is 4.64. The SMILES string of the molecule is CCC(C)n1ccc(CNc2cc(F)c(F)cc2F)n1. The molecule has 1 unspecified atom stereocenters. The van der Waals surface area contributed by atoms with Gasteiger partial charge in [-0.05, 0) is 19.4 Å². The summed E-state index contributed by atoms with van der Waals surface area (Å²) in [6, 6.07) is 3.41. The molecule has 0 spiro atoms. The van der Waals surface area contributed by atoms with Crippen LogP contribution in [-0.2, 0) is 6.54 Å². The molecule has 0 fully saturated rings. The van der Waals surface area contributed by atoms with E-state index in [4.69, 9.17) is 0 Å². The summed E-state index contributed by atoms with van der Waals surface area (Å²) in [7, 11) is 0. The number of anilines is 1. The van der Waals surface area contributed by atoms with Gasteiger partial charge in [0.15, 0.2) is 11.6 Å². The van der Waals surface area contributed by atoms with Gasteiger partial charge in [0.2, 0.25) is 0 Å². The highest BCUT2D eigenvalue weighted by Gasteiger charge is 2.10. The first kappa shape index (κ1) is 14.4. The van der Waals surface area contributed by atoms with Crippen LogP contribution in [0.15, 0.2) is 24.4 Å². The van der Waals surface area contributed by atoms with Gasteiger partial charge in [0, 0.05) is 24.4 Å². The summed E-state index contributed by atoms with van der Waals surface area (Å²) in [4.78, 5) is 0. The van der Waals surface area contributed by atoms with Gasteiger partial charge in [0.05, 0.1) is 17.9 Å². The van der Waals surface area contributed by atoms with Crippen LogP contribution in [0, 0.1) is 17.5 Å². The zero-order chi connectivity index (χ0) is 14.7. The molecule has 0 aliphatic heterocycles. The molecule has 1 N–H and O–H groups in total. The van der Waals surface area contributed by atoms with E-state index >= 15 is 0 Å². The van der Waals surface area contributed by atoms with Gasteiger partial charge in [-0.1, -0.05) is 6.92 Å². The summed E-state index contributed by atoms with van der Waals surface area (Å²) in [6.07, 6.45) is 2.79. The van der Waals surface area contributed by atoms with Crippen molar-refractivity contribution in [1.29, 1.82) is 0 Å². The van der Waals surface area contributed by atoms with Gasteiger partial charge in [0.25, 0.3) is 0 Å². The smallest absolute Gasteiger partial charge is 0.161 e. The Kier molecular flexibility index (Phi) is 4.32. The average molecular weight is 283 g/mol. The standard InChI is InChI=1S/C14H16F3N3/c1-3-9(2)20-5-4-10(19-20)8-18-14-7-12(16)11(15)6-13(14)17/h4-7,9,18H,3,8H2,1-2H3. The van der Waals surface area contributed by atoms with Crippen molar-refractivity contribution in [3.05, 3.63) is 47.5 Å². The summed E-state index contributed by atoms with van der Waals surface area (Å²) in [5, 5.41) is 7.04. The third kappa shape index (κ3) is 3.12. The van der Waals surface area contributed by atoms with Crippen LogP contribution in [-0.4, -0.2) is 9.78 Å². The van der Waals surface area contributed by atoms with Crippen molar-refractivity contribution in [2.75, 3.05) is 5.32 Å². The van der Waals surface area contributed by atoms with E-state index in [1.54, 1.807) is 6.07 Å². The molecule has 20 heavy (non-hydrogen) atoms. The predicted molar refractivity (Wildman–Crippen MR) is 70.9 cm³/mol. The maximum atomic E-state index is 13.4. The molecule has 6 heteroatoms. The maximum Gasteiger partial charge on any atom is 0.161 e. The maximum absolute atomic E-state index is 13.4. The molecule has 1 aromatic heterocycles. The van der Waals surface area contributed by atoms with Gasteiger partial charge in [0.1, 0.15) is 5.82 Å². The Morgan fingerprint density at radius 2 is 1.90 bits per heavy atom. The molecule has 2 aromatic rings. The van der Waals surface area contributed by atoms with Gasteiger partial charge in [-0.2, -0.15) is 5.10 Å². The van der Waals surface area contributed by atoms with E-state index in [0.29, 0.717) is 11.8 Å². The van der Waals surface area contributed by atoms with Crippen LogP contribution in [0.25, 0.3) is 0 Å². The summed E-state index contributed by atoms with van der Waals surface area (Å²) in [5.74, 6) is -3.11. The first-order valence-corrected chi connectivity index (χ1v) is 6.43. The highest BCUT2D eigenvalue weighted by Crippen LogP contribution is 2.19. The number of aromatic nitrogens is 2. The molecule has 108 valence electrons. The van der Waals surface area contributed by atoms with Crippen molar-refractivity contribution in [3.8, 4) is 0 Å². The first-order valence-electron chi connectivity index (χ1n) is 6.43. The molecule has 1 heterocycles. The fourth-order valence-corrected chi connectivity index (χ4v) is 1.75. The summed E-state index contributed by atoms with van der Waals surface area (Å²) < 4.78 is 41.1. The Morgan fingerprint density at radius 3 is 2.60 bits per heavy atom. The Balaban J connectivity index is 2.05. The Bertz CT molecular complexity index is 595. The summed E-state index contributed by atoms with van der Waals surface area (Å²) in [6.45, 7) is 4.34. The minimum atomic E-state index is -1.20. The molecule has 0 amide bonds. The summed E-state index contributed by atoms with van der Waals surface area (Å²) >= 11 is 0. The molecule has 3 nitrogen and oxygen atoms in total. The first-order chi connectivity index (χ1) is 9.51. The van der Waals surface area contributed by atoms with Gasteiger partial charge in [-0.3, -0.25) is 4.68 Å². The molecule has 0 saturated heterocycles. The molecule has 1 atom stereocenters. The Labute approximate surface area is 115 Å². The number of hydrogen-bond donors (Lipinski definition) is 1. The van der Waals surface area contributed by atoms with E-state index in [0.717, 1.165) is 12.5 Å². The molecule has 1 aromatic carbocycles. The second kappa shape index (κ2) is 5.98. The zero-order valence-electron chi connectivity index (χ0n) is 11.3. The third-order valence-electron chi connectivity index (χ3n) is 3.18. The monoisotopic (exact) mass is 283 g/mol. The minimum Gasteiger partial charge on any atom is -0.377 e. The average Bonchev–Trinajstić information content (AvgIpc) is 2.89. The van der Waals surface area contributed by atoms with Gasteiger partial charge in [-0.15, -0.1) is 0 Å². The lowest BCUT2D eigenvalue weighted by atomic mass is 10.2. The van der Waals surface area contributed by atoms with E-state index in [2.05, 4.69) is 17.3 Å². The van der Waals surface area contributed by atoms with Crippen LogP contribution in [0.1, 0.15) is 32.0 Å². The fraction of sp³-hybridized carbons (Fsp3) is 0.357. The molecule has 0 radical (unpaired) electrons. The van der Waals surface area contributed by atoms with Gasteiger partial charge >= 0.3 is 0 Å². The molecular weight excluding hydrogens is 267 g/mol. The lowest BCUT2D eigenvalue weighted by Crippen LogP contribution is -2.07. The lowest BCUT2D eigenvalue weighted by Gasteiger charge is -2.09. The van der Waals surface area contributed by atoms with E-state index < -0.39 is 17.5 Å². The van der Waals surface area contributed by atoms with Crippen LogP contribution in [0.3, 0.4) is 0 Å². The van der Waals surface area contributed by atoms with Crippen molar-refractivity contribution in [3.63, 3.8) is 0 Å². The van der Waals surface area contributed by atoms with Crippen LogP contribution in [0.5, 0.6) is 0 Å². The molecule has 0 aliphatic rings. The number of nitrogens with zero attached hydrogens (tertiary/aromatic N) is 2. The third-order valence-corrected chi connectivity index (χ3v) is 3.18. The topological polar surface area (TPSA) is 29.9 Å². The lowest BCUT2D eigenvalue weighted by molar-refractivity contribution is 0.474. The number of benzene rings is 1.